The van der Waals surface area contributed by atoms with Gasteiger partial charge in [-0.15, -0.1) is 0 Å². The Kier molecular flexibility index (Phi) is 3.99. The van der Waals surface area contributed by atoms with Gasteiger partial charge < -0.3 is 14.6 Å². The average molecular weight is 267 g/mol. The first-order valence-corrected chi connectivity index (χ1v) is 5.96. The van der Waals surface area contributed by atoms with Crippen molar-refractivity contribution in [2.45, 2.75) is 13.5 Å². The maximum atomic E-state index is 13.8. The van der Waals surface area contributed by atoms with Crippen LogP contribution in [0.5, 0.6) is 0 Å². The number of anilines is 2. The Labute approximate surface area is 110 Å². The van der Waals surface area contributed by atoms with E-state index < -0.39 is 11.6 Å². The van der Waals surface area contributed by atoms with Crippen LogP contribution >= 0.6 is 0 Å². The van der Waals surface area contributed by atoms with Crippen molar-refractivity contribution in [3.8, 4) is 0 Å². The Balaban J connectivity index is 2.32. The van der Waals surface area contributed by atoms with Crippen molar-refractivity contribution in [2.75, 3.05) is 23.8 Å². The minimum atomic E-state index is -0.710. The SMILES string of the molecule is CCN(Cc1ccco1)c1nc(NC)c(F)cc1F. The highest BCUT2D eigenvalue weighted by Gasteiger charge is 2.17. The first kappa shape index (κ1) is 13.3. The van der Waals surface area contributed by atoms with Gasteiger partial charge in [-0.2, -0.15) is 0 Å². The topological polar surface area (TPSA) is 41.3 Å². The summed E-state index contributed by atoms with van der Waals surface area (Å²) >= 11 is 0. The second-order valence-corrected chi connectivity index (χ2v) is 3.97. The molecule has 0 bridgehead atoms. The monoisotopic (exact) mass is 267 g/mol. The van der Waals surface area contributed by atoms with Crippen molar-refractivity contribution < 1.29 is 13.2 Å². The number of nitrogens with one attached hydrogen (secondary N) is 1. The number of furan rings is 1. The molecular formula is C13H15F2N3O. The van der Waals surface area contributed by atoms with Crippen LogP contribution in [0.3, 0.4) is 0 Å². The van der Waals surface area contributed by atoms with E-state index in [0.29, 0.717) is 18.8 Å². The van der Waals surface area contributed by atoms with E-state index in [2.05, 4.69) is 10.3 Å². The molecule has 0 unspecified atom stereocenters. The normalized spacial score (nSPS) is 10.5. The highest BCUT2D eigenvalue weighted by molar-refractivity contribution is 5.49. The van der Waals surface area contributed by atoms with Crippen LogP contribution in [0.4, 0.5) is 20.4 Å². The number of hydrogen-bond donors (Lipinski definition) is 1. The molecule has 2 heterocycles. The van der Waals surface area contributed by atoms with E-state index in [-0.39, 0.29) is 11.6 Å². The molecule has 0 fully saturated rings. The molecule has 0 aromatic carbocycles. The maximum absolute atomic E-state index is 13.8. The Morgan fingerprint density at radius 3 is 2.74 bits per heavy atom. The van der Waals surface area contributed by atoms with Gasteiger partial charge in [0.2, 0.25) is 0 Å². The molecule has 0 aliphatic carbocycles. The summed E-state index contributed by atoms with van der Waals surface area (Å²) in [5.41, 5.74) is 0. The number of pyridine rings is 1. The van der Waals surface area contributed by atoms with Crippen LogP contribution in [0.15, 0.2) is 28.9 Å². The summed E-state index contributed by atoms with van der Waals surface area (Å²) in [6.07, 6.45) is 1.55. The first-order valence-electron chi connectivity index (χ1n) is 5.96. The molecule has 2 rings (SSSR count). The molecule has 0 atom stereocenters. The van der Waals surface area contributed by atoms with Gasteiger partial charge in [-0.1, -0.05) is 0 Å². The molecule has 2 aromatic rings. The molecule has 0 aliphatic rings. The molecule has 0 saturated heterocycles. The molecule has 0 saturated carbocycles. The minimum absolute atomic E-state index is 0.0225. The third-order valence-electron chi connectivity index (χ3n) is 2.76. The minimum Gasteiger partial charge on any atom is -0.467 e. The molecule has 19 heavy (non-hydrogen) atoms. The Hall–Kier alpha value is -2.11. The highest BCUT2D eigenvalue weighted by Crippen LogP contribution is 2.23. The summed E-state index contributed by atoms with van der Waals surface area (Å²) in [5.74, 6) is -0.583. The van der Waals surface area contributed by atoms with E-state index in [4.69, 9.17) is 4.42 Å². The molecule has 0 amide bonds. The van der Waals surface area contributed by atoms with E-state index in [9.17, 15) is 8.78 Å². The highest BCUT2D eigenvalue weighted by atomic mass is 19.1. The van der Waals surface area contributed by atoms with Gasteiger partial charge >= 0.3 is 0 Å². The lowest BCUT2D eigenvalue weighted by molar-refractivity contribution is 0.498. The van der Waals surface area contributed by atoms with E-state index in [1.165, 1.54) is 7.05 Å². The fourth-order valence-electron chi connectivity index (χ4n) is 1.78. The zero-order chi connectivity index (χ0) is 13.8. The van der Waals surface area contributed by atoms with Crippen molar-refractivity contribution in [2.24, 2.45) is 0 Å². The van der Waals surface area contributed by atoms with Crippen molar-refractivity contribution in [3.63, 3.8) is 0 Å². The molecule has 6 heteroatoms. The van der Waals surface area contributed by atoms with Crippen LogP contribution in [0.1, 0.15) is 12.7 Å². The van der Waals surface area contributed by atoms with Crippen LogP contribution in [0.25, 0.3) is 0 Å². The Morgan fingerprint density at radius 1 is 1.37 bits per heavy atom. The van der Waals surface area contributed by atoms with E-state index in [1.54, 1.807) is 23.3 Å². The summed E-state index contributed by atoms with van der Waals surface area (Å²) in [6.45, 7) is 2.77. The zero-order valence-corrected chi connectivity index (χ0v) is 10.8. The number of halogens is 2. The Bertz CT molecular complexity index is 543. The number of aromatic nitrogens is 1. The third kappa shape index (κ3) is 2.83. The molecule has 0 spiro atoms. The molecule has 2 aromatic heterocycles. The van der Waals surface area contributed by atoms with Crippen molar-refractivity contribution in [1.29, 1.82) is 0 Å². The van der Waals surface area contributed by atoms with Crippen molar-refractivity contribution in [3.05, 3.63) is 41.9 Å². The standard InChI is InChI=1S/C13H15F2N3O/c1-3-18(8-9-5-4-6-19-9)13-11(15)7-10(14)12(16-2)17-13/h4-7H,3,8H2,1-2H3,(H,16,17). The van der Waals surface area contributed by atoms with Gasteiger partial charge in [0.1, 0.15) is 5.76 Å². The summed E-state index contributed by atoms with van der Waals surface area (Å²) in [6, 6.07) is 4.39. The van der Waals surface area contributed by atoms with Gasteiger partial charge in [0.25, 0.3) is 0 Å². The molecule has 4 nitrogen and oxygen atoms in total. The number of rotatable bonds is 5. The quantitative estimate of drug-likeness (QED) is 0.904. The summed E-state index contributed by atoms with van der Waals surface area (Å²) < 4.78 is 32.4. The maximum Gasteiger partial charge on any atom is 0.168 e. The predicted octanol–water partition coefficient (Wildman–Crippen LogP) is 3.02. The lowest BCUT2D eigenvalue weighted by Gasteiger charge is -2.22. The number of hydrogen-bond acceptors (Lipinski definition) is 4. The molecule has 1 N–H and O–H groups in total. The smallest absolute Gasteiger partial charge is 0.168 e. The second-order valence-electron chi connectivity index (χ2n) is 3.97. The largest absolute Gasteiger partial charge is 0.467 e. The molecule has 0 aliphatic heterocycles. The van der Waals surface area contributed by atoms with Crippen LogP contribution < -0.4 is 10.2 Å². The third-order valence-corrected chi connectivity index (χ3v) is 2.76. The van der Waals surface area contributed by atoms with Crippen molar-refractivity contribution in [1.82, 2.24) is 4.98 Å². The molecule has 0 radical (unpaired) electrons. The van der Waals surface area contributed by atoms with Crippen LogP contribution in [0, 0.1) is 11.6 Å². The van der Waals surface area contributed by atoms with E-state index >= 15 is 0 Å². The van der Waals surface area contributed by atoms with E-state index in [0.717, 1.165) is 6.07 Å². The predicted molar refractivity (Wildman–Crippen MR) is 69.1 cm³/mol. The zero-order valence-electron chi connectivity index (χ0n) is 10.8. The molecule has 102 valence electrons. The summed E-state index contributed by atoms with van der Waals surface area (Å²) in [5, 5.41) is 2.60. The second kappa shape index (κ2) is 5.69. The van der Waals surface area contributed by atoms with Crippen LogP contribution in [0.2, 0.25) is 0 Å². The van der Waals surface area contributed by atoms with Gasteiger partial charge in [0.15, 0.2) is 23.3 Å². The fraction of sp³-hybridized carbons (Fsp3) is 0.308. The van der Waals surface area contributed by atoms with Crippen LogP contribution in [-0.2, 0) is 6.54 Å². The lowest BCUT2D eigenvalue weighted by atomic mass is 10.3. The fourth-order valence-corrected chi connectivity index (χ4v) is 1.78. The van der Waals surface area contributed by atoms with Crippen molar-refractivity contribution >= 4 is 11.6 Å². The lowest BCUT2D eigenvalue weighted by Crippen LogP contribution is -2.24. The van der Waals surface area contributed by atoms with Gasteiger partial charge in [0, 0.05) is 19.7 Å². The average Bonchev–Trinajstić information content (AvgIpc) is 2.89. The summed E-state index contributed by atoms with van der Waals surface area (Å²) in [7, 11) is 1.54. The van der Waals surface area contributed by atoms with Crippen LogP contribution in [-0.4, -0.2) is 18.6 Å². The van der Waals surface area contributed by atoms with E-state index in [1.807, 2.05) is 6.92 Å². The molecular weight excluding hydrogens is 252 g/mol. The first-order chi connectivity index (χ1) is 9.15. The van der Waals surface area contributed by atoms with Gasteiger partial charge in [-0.05, 0) is 19.1 Å². The van der Waals surface area contributed by atoms with Gasteiger partial charge in [-0.25, -0.2) is 13.8 Å². The number of nitrogens with zero attached hydrogens (tertiary/aromatic N) is 2. The van der Waals surface area contributed by atoms with Gasteiger partial charge in [-0.3, -0.25) is 0 Å². The van der Waals surface area contributed by atoms with Gasteiger partial charge in [0.05, 0.1) is 12.8 Å². The summed E-state index contributed by atoms with van der Waals surface area (Å²) in [4.78, 5) is 5.64. The Morgan fingerprint density at radius 2 is 2.16 bits per heavy atom.